The lowest BCUT2D eigenvalue weighted by molar-refractivity contribution is -0.143. The summed E-state index contributed by atoms with van der Waals surface area (Å²) in [6.07, 6.45) is 1.35. The second kappa shape index (κ2) is 6.66. The number of halogens is 2. The number of hydrogen-bond donors (Lipinski definition) is 1. The number of methoxy groups -OCH3 is 1. The summed E-state index contributed by atoms with van der Waals surface area (Å²) in [5, 5.41) is 10.1. The highest BCUT2D eigenvalue weighted by molar-refractivity contribution is 6.35. The molecule has 20 heavy (non-hydrogen) atoms. The van der Waals surface area contributed by atoms with E-state index in [0.29, 0.717) is 35.2 Å². The van der Waals surface area contributed by atoms with Crippen molar-refractivity contribution in [1.82, 2.24) is 4.90 Å². The first kappa shape index (κ1) is 15.4. The quantitative estimate of drug-likeness (QED) is 0.925. The molecule has 0 radical (unpaired) electrons. The lowest BCUT2D eigenvalue weighted by atomic mass is 9.97. The van der Waals surface area contributed by atoms with Gasteiger partial charge in [-0.2, -0.15) is 0 Å². The Bertz CT molecular complexity index is 499. The minimum absolute atomic E-state index is 0.226. The van der Waals surface area contributed by atoms with Gasteiger partial charge in [-0.25, -0.2) is 0 Å². The van der Waals surface area contributed by atoms with Crippen LogP contribution in [0.25, 0.3) is 0 Å². The molecule has 1 aromatic carbocycles. The number of piperidine rings is 1. The van der Waals surface area contributed by atoms with Crippen molar-refractivity contribution in [3.05, 3.63) is 27.7 Å². The van der Waals surface area contributed by atoms with E-state index in [1.165, 1.54) is 0 Å². The van der Waals surface area contributed by atoms with Gasteiger partial charge in [-0.3, -0.25) is 9.69 Å². The van der Waals surface area contributed by atoms with E-state index in [0.717, 1.165) is 18.7 Å². The molecular formula is C14H17Cl2NO3. The van der Waals surface area contributed by atoms with E-state index in [4.69, 9.17) is 33.0 Å². The van der Waals surface area contributed by atoms with Gasteiger partial charge in [0.1, 0.15) is 5.75 Å². The van der Waals surface area contributed by atoms with E-state index < -0.39 is 5.97 Å². The number of carboxylic acids is 1. The maximum atomic E-state index is 10.9. The maximum absolute atomic E-state index is 10.9. The van der Waals surface area contributed by atoms with Crippen molar-refractivity contribution in [1.29, 1.82) is 0 Å². The van der Waals surface area contributed by atoms with Crippen LogP contribution in [0.5, 0.6) is 5.75 Å². The highest BCUT2D eigenvalue weighted by atomic mass is 35.5. The largest absolute Gasteiger partial charge is 0.495 e. The molecule has 4 nitrogen and oxygen atoms in total. The van der Waals surface area contributed by atoms with E-state index in [9.17, 15) is 4.79 Å². The van der Waals surface area contributed by atoms with Gasteiger partial charge < -0.3 is 9.84 Å². The van der Waals surface area contributed by atoms with Crippen LogP contribution in [-0.2, 0) is 11.3 Å². The summed E-state index contributed by atoms with van der Waals surface area (Å²) in [7, 11) is 1.58. The fourth-order valence-electron chi connectivity index (χ4n) is 2.54. The number of hydrogen-bond acceptors (Lipinski definition) is 3. The summed E-state index contributed by atoms with van der Waals surface area (Å²) in [6.45, 7) is 2.17. The van der Waals surface area contributed by atoms with E-state index in [1.807, 2.05) is 6.07 Å². The first-order chi connectivity index (χ1) is 9.51. The molecule has 1 heterocycles. The molecule has 6 heteroatoms. The van der Waals surface area contributed by atoms with Crippen molar-refractivity contribution in [2.24, 2.45) is 5.92 Å². The van der Waals surface area contributed by atoms with Gasteiger partial charge >= 0.3 is 5.97 Å². The maximum Gasteiger partial charge on any atom is 0.306 e. The van der Waals surface area contributed by atoms with Gasteiger partial charge in [0.25, 0.3) is 0 Å². The van der Waals surface area contributed by atoms with Crippen LogP contribution in [-0.4, -0.2) is 36.2 Å². The summed E-state index contributed by atoms with van der Waals surface area (Å²) in [5.74, 6) is -0.291. The molecule has 0 saturated carbocycles. The van der Waals surface area contributed by atoms with E-state index in [2.05, 4.69) is 4.90 Å². The average molecular weight is 318 g/mol. The minimum Gasteiger partial charge on any atom is -0.495 e. The van der Waals surface area contributed by atoms with Crippen molar-refractivity contribution in [3.63, 3.8) is 0 Å². The van der Waals surface area contributed by atoms with Crippen molar-refractivity contribution in [2.45, 2.75) is 19.4 Å². The standard InChI is InChI=1S/C14H17Cl2NO3/c1-20-13-10(6-11(15)7-12(13)16)8-17-4-2-9(3-5-17)14(18)19/h6-7,9H,2-5,8H2,1H3,(H,18,19). The van der Waals surface area contributed by atoms with E-state index in [1.54, 1.807) is 13.2 Å². The highest BCUT2D eigenvalue weighted by Crippen LogP contribution is 2.33. The molecule has 1 aliphatic rings. The molecule has 0 bridgehead atoms. The first-order valence-electron chi connectivity index (χ1n) is 6.48. The predicted molar refractivity (Wildman–Crippen MR) is 78.7 cm³/mol. The molecule has 1 saturated heterocycles. The predicted octanol–water partition coefficient (Wildman–Crippen LogP) is 3.30. The monoisotopic (exact) mass is 317 g/mol. The summed E-state index contributed by atoms with van der Waals surface area (Å²) in [6, 6.07) is 3.50. The Morgan fingerprint density at radius 1 is 1.40 bits per heavy atom. The number of nitrogens with zero attached hydrogens (tertiary/aromatic N) is 1. The highest BCUT2D eigenvalue weighted by Gasteiger charge is 2.25. The van der Waals surface area contributed by atoms with E-state index >= 15 is 0 Å². The fraction of sp³-hybridized carbons (Fsp3) is 0.500. The molecule has 0 aromatic heterocycles. The van der Waals surface area contributed by atoms with E-state index in [-0.39, 0.29) is 5.92 Å². The van der Waals surface area contributed by atoms with Crippen LogP contribution in [0.1, 0.15) is 18.4 Å². The number of ether oxygens (including phenoxy) is 1. The third kappa shape index (κ3) is 3.57. The fourth-order valence-corrected chi connectivity index (χ4v) is 3.15. The van der Waals surface area contributed by atoms with Crippen molar-refractivity contribution in [2.75, 3.05) is 20.2 Å². The molecule has 110 valence electrons. The molecule has 0 amide bonds. The van der Waals surface area contributed by atoms with Crippen molar-refractivity contribution >= 4 is 29.2 Å². The SMILES string of the molecule is COc1c(Cl)cc(Cl)cc1CN1CCC(C(=O)O)CC1. The van der Waals surface area contributed by atoms with Crippen LogP contribution >= 0.6 is 23.2 Å². The molecule has 0 atom stereocenters. The number of aliphatic carboxylic acids is 1. The molecule has 2 rings (SSSR count). The van der Waals surface area contributed by atoms with Crippen LogP contribution < -0.4 is 4.74 Å². The third-order valence-corrected chi connectivity index (χ3v) is 4.12. The van der Waals surface area contributed by atoms with Gasteiger partial charge in [0.15, 0.2) is 0 Å². The molecule has 1 aliphatic heterocycles. The second-order valence-electron chi connectivity index (χ2n) is 4.97. The van der Waals surface area contributed by atoms with Crippen molar-refractivity contribution < 1.29 is 14.6 Å². The van der Waals surface area contributed by atoms with Gasteiger partial charge in [-0.1, -0.05) is 23.2 Å². The second-order valence-corrected chi connectivity index (χ2v) is 5.81. The number of rotatable bonds is 4. The topological polar surface area (TPSA) is 49.8 Å². The summed E-state index contributed by atoms with van der Waals surface area (Å²) in [4.78, 5) is 13.1. The zero-order valence-corrected chi connectivity index (χ0v) is 12.7. The van der Waals surface area contributed by atoms with Crippen molar-refractivity contribution in [3.8, 4) is 5.75 Å². The zero-order valence-electron chi connectivity index (χ0n) is 11.2. The van der Waals surface area contributed by atoms with Crippen LogP contribution in [0.4, 0.5) is 0 Å². The Labute approximate surface area is 128 Å². The van der Waals surface area contributed by atoms with Crippen LogP contribution in [0, 0.1) is 5.92 Å². The van der Waals surface area contributed by atoms with Crippen LogP contribution in [0.2, 0.25) is 10.0 Å². The Kier molecular flexibility index (Phi) is 5.13. The molecule has 1 N–H and O–H groups in total. The molecule has 1 fully saturated rings. The molecule has 0 unspecified atom stereocenters. The van der Waals surface area contributed by atoms with Gasteiger partial charge in [0.2, 0.25) is 0 Å². The lowest BCUT2D eigenvalue weighted by Gasteiger charge is -2.30. The van der Waals surface area contributed by atoms with Gasteiger partial charge in [-0.05, 0) is 38.1 Å². The number of carbonyl (C=O) groups is 1. The Balaban J connectivity index is 2.06. The molecule has 0 spiro atoms. The summed E-state index contributed by atoms with van der Waals surface area (Å²) < 4.78 is 5.32. The molecule has 0 aliphatic carbocycles. The Hall–Kier alpha value is -0.970. The molecule has 1 aromatic rings. The Morgan fingerprint density at radius 2 is 2.05 bits per heavy atom. The van der Waals surface area contributed by atoms with Gasteiger partial charge in [0.05, 0.1) is 18.1 Å². The normalized spacial score (nSPS) is 17.1. The molecular weight excluding hydrogens is 301 g/mol. The van der Waals surface area contributed by atoms with Crippen LogP contribution in [0.3, 0.4) is 0 Å². The first-order valence-corrected chi connectivity index (χ1v) is 7.24. The number of carboxylic acid groups (broad SMARTS) is 1. The zero-order chi connectivity index (χ0) is 14.7. The lowest BCUT2D eigenvalue weighted by Crippen LogP contribution is -2.35. The number of likely N-dealkylation sites (tertiary alicyclic amines) is 1. The van der Waals surface area contributed by atoms with Gasteiger partial charge in [-0.15, -0.1) is 0 Å². The Morgan fingerprint density at radius 3 is 2.60 bits per heavy atom. The smallest absolute Gasteiger partial charge is 0.306 e. The summed E-state index contributed by atoms with van der Waals surface area (Å²) in [5.41, 5.74) is 0.929. The van der Waals surface area contributed by atoms with Crippen LogP contribution in [0.15, 0.2) is 12.1 Å². The third-order valence-electron chi connectivity index (χ3n) is 3.62. The number of benzene rings is 1. The average Bonchev–Trinajstić information content (AvgIpc) is 2.39. The minimum atomic E-state index is -0.701. The van der Waals surface area contributed by atoms with Gasteiger partial charge in [0, 0.05) is 17.1 Å². The summed E-state index contributed by atoms with van der Waals surface area (Å²) >= 11 is 12.1.